The Balaban J connectivity index is 1.18. The Morgan fingerprint density at radius 2 is 1.74 bits per heavy atom. The van der Waals surface area contributed by atoms with Crippen LogP contribution in [-0.4, -0.2) is 62.6 Å². The molecule has 1 aromatic heterocycles. The van der Waals surface area contributed by atoms with E-state index in [-0.39, 0.29) is 23.9 Å². The first-order chi connectivity index (χ1) is 16.9. The lowest BCUT2D eigenvalue weighted by atomic mass is 9.52. The van der Waals surface area contributed by atoms with E-state index in [0.29, 0.717) is 35.2 Å². The molecular weight excluding hydrogens is 442 g/mol. The maximum atomic E-state index is 13.6. The van der Waals surface area contributed by atoms with Crippen LogP contribution in [0.15, 0.2) is 6.20 Å². The van der Waals surface area contributed by atoms with Crippen LogP contribution < -0.4 is 10.6 Å². The number of hydrogen-bond acceptors (Lipinski definition) is 6. The lowest BCUT2D eigenvalue weighted by molar-refractivity contribution is -0.137. The molecule has 5 atom stereocenters. The first-order valence-electron chi connectivity index (χ1n) is 13.8. The van der Waals surface area contributed by atoms with Gasteiger partial charge in [0, 0.05) is 44.2 Å². The van der Waals surface area contributed by atoms with Crippen LogP contribution in [0.2, 0.25) is 0 Å². The predicted octanol–water partition coefficient (Wildman–Crippen LogP) is 3.23. The van der Waals surface area contributed by atoms with Gasteiger partial charge < -0.3 is 20.6 Å². The summed E-state index contributed by atoms with van der Waals surface area (Å²) in [7, 11) is 0. The third kappa shape index (κ3) is 4.54. The van der Waals surface area contributed by atoms with E-state index in [1.54, 1.807) is 13.1 Å². The lowest BCUT2D eigenvalue weighted by Crippen LogP contribution is -2.61. The molecule has 1 saturated heterocycles. The van der Waals surface area contributed by atoms with Gasteiger partial charge in [-0.15, -0.1) is 0 Å². The van der Waals surface area contributed by atoms with E-state index in [1.807, 2.05) is 4.90 Å². The minimum atomic E-state index is -0.496. The number of carbonyl (C=O) groups is 2. The Bertz CT molecular complexity index is 969. The highest BCUT2D eigenvalue weighted by Crippen LogP contribution is 2.55. The molecule has 0 aromatic carbocycles. The molecular formula is C27H39N5O3. The first kappa shape index (κ1) is 23.2. The standard InChI is InChI=1S/C27H39N5O3/c1-16(33)32-8-6-21(7-9-32)29-26-28-15-22(24(31-26)18-4-2-3-5-18)25(34)30-23-19-10-17-11-20(23)14-27(35,12-17)13-19/h15,17-21,23,35H,2-14H2,1H3,(H,30,34)(H,28,29,31)/t17?,19-,20+,23?,27?. The number of rotatable bonds is 5. The molecule has 2 amide bonds. The number of carbonyl (C=O) groups excluding carboxylic acids is 2. The van der Waals surface area contributed by atoms with Crippen LogP contribution in [0.25, 0.3) is 0 Å². The second-order valence-electron chi connectivity index (χ2n) is 12.1. The maximum absolute atomic E-state index is 13.6. The lowest BCUT2D eigenvalue weighted by Gasteiger charge is -2.58. The summed E-state index contributed by atoms with van der Waals surface area (Å²) in [6, 6.07) is 0.389. The van der Waals surface area contributed by atoms with Crippen molar-refractivity contribution < 1.29 is 14.7 Å². The van der Waals surface area contributed by atoms with Crippen molar-refractivity contribution >= 4 is 17.8 Å². The number of amides is 2. The largest absolute Gasteiger partial charge is 0.390 e. The minimum Gasteiger partial charge on any atom is -0.390 e. The van der Waals surface area contributed by atoms with E-state index in [4.69, 9.17) is 4.98 Å². The molecule has 2 heterocycles. The van der Waals surface area contributed by atoms with E-state index in [1.165, 1.54) is 12.8 Å². The molecule has 0 spiro atoms. The number of nitrogens with zero attached hydrogens (tertiary/aromatic N) is 3. The van der Waals surface area contributed by atoms with Crippen molar-refractivity contribution in [1.29, 1.82) is 0 Å². The van der Waals surface area contributed by atoms with Crippen molar-refractivity contribution in [3.8, 4) is 0 Å². The molecule has 6 fully saturated rings. The highest BCUT2D eigenvalue weighted by atomic mass is 16.3. The Hall–Kier alpha value is -2.22. The van der Waals surface area contributed by atoms with E-state index in [0.717, 1.165) is 76.6 Å². The van der Waals surface area contributed by atoms with E-state index >= 15 is 0 Å². The zero-order valence-electron chi connectivity index (χ0n) is 20.8. The summed E-state index contributed by atoms with van der Waals surface area (Å²) in [4.78, 5) is 36.6. The summed E-state index contributed by atoms with van der Waals surface area (Å²) in [6.45, 7) is 3.13. The summed E-state index contributed by atoms with van der Waals surface area (Å²) in [6.07, 6.45) is 12.8. The van der Waals surface area contributed by atoms with Crippen molar-refractivity contribution in [2.24, 2.45) is 17.8 Å². The van der Waals surface area contributed by atoms with Crippen molar-refractivity contribution in [1.82, 2.24) is 20.2 Å². The average Bonchev–Trinajstić information content (AvgIpc) is 3.35. The summed E-state index contributed by atoms with van der Waals surface area (Å²) in [5, 5.41) is 17.8. The minimum absolute atomic E-state index is 0.0438. The molecule has 6 aliphatic rings. The van der Waals surface area contributed by atoms with Crippen LogP contribution in [0.1, 0.15) is 99.5 Å². The molecule has 0 radical (unpaired) electrons. The Morgan fingerprint density at radius 1 is 1.06 bits per heavy atom. The molecule has 4 bridgehead atoms. The highest BCUT2D eigenvalue weighted by molar-refractivity contribution is 5.95. The Morgan fingerprint density at radius 3 is 2.37 bits per heavy atom. The monoisotopic (exact) mass is 481 g/mol. The van der Waals surface area contributed by atoms with Gasteiger partial charge in [-0.25, -0.2) is 9.97 Å². The first-order valence-corrected chi connectivity index (χ1v) is 13.8. The van der Waals surface area contributed by atoms with E-state index in [2.05, 4.69) is 15.6 Å². The summed E-state index contributed by atoms with van der Waals surface area (Å²) < 4.78 is 0. The number of nitrogens with one attached hydrogen (secondary N) is 2. The van der Waals surface area contributed by atoms with Crippen LogP contribution in [0.5, 0.6) is 0 Å². The van der Waals surface area contributed by atoms with E-state index < -0.39 is 5.60 Å². The predicted molar refractivity (Wildman–Crippen MR) is 132 cm³/mol. The fraction of sp³-hybridized carbons (Fsp3) is 0.778. The van der Waals surface area contributed by atoms with Crippen molar-refractivity contribution in [2.75, 3.05) is 18.4 Å². The second kappa shape index (κ2) is 9.02. The fourth-order valence-electron chi connectivity index (χ4n) is 8.12. The van der Waals surface area contributed by atoms with Crippen molar-refractivity contribution in [2.45, 2.75) is 101 Å². The summed E-state index contributed by atoms with van der Waals surface area (Å²) in [5.41, 5.74) is 1.02. The number of anilines is 1. The third-order valence-corrected chi connectivity index (χ3v) is 9.62. The molecule has 190 valence electrons. The van der Waals surface area contributed by atoms with Gasteiger partial charge in [0.25, 0.3) is 5.91 Å². The zero-order chi connectivity index (χ0) is 24.2. The Kier molecular flexibility index (Phi) is 5.98. The molecule has 5 saturated carbocycles. The molecule has 35 heavy (non-hydrogen) atoms. The fourth-order valence-corrected chi connectivity index (χ4v) is 8.12. The average molecular weight is 482 g/mol. The van der Waals surface area contributed by atoms with Gasteiger partial charge in [0.15, 0.2) is 0 Å². The Labute approximate surface area is 207 Å². The topological polar surface area (TPSA) is 107 Å². The molecule has 3 unspecified atom stereocenters. The quantitative estimate of drug-likeness (QED) is 0.596. The van der Waals surface area contributed by atoms with Gasteiger partial charge in [-0.1, -0.05) is 12.8 Å². The van der Waals surface area contributed by atoms with Crippen LogP contribution in [0.4, 0.5) is 5.95 Å². The van der Waals surface area contributed by atoms with E-state index in [9.17, 15) is 14.7 Å². The SMILES string of the molecule is CC(=O)N1CCC(Nc2ncc(C(=O)NC3[C@@H]4CC5C[C@H]3CC(O)(C5)C4)c(C3CCCC3)n2)CC1. The van der Waals surface area contributed by atoms with Crippen LogP contribution in [0, 0.1) is 17.8 Å². The normalized spacial score (nSPS) is 34.9. The van der Waals surface area contributed by atoms with Gasteiger partial charge >= 0.3 is 0 Å². The van der Waals surface area contributed by atoms with Gasteiger partial charge in [-0.05, 0) is 75.5 Å². The second-order valence-corrected chi connectivity index (χ2v) is 12.1. The van der Waals surface area contributed by atoms with Gasteiger partial charge in [-0.2, -0.15) is 0 Å². The van der Waals surface area contributed by atoms with Gasteiger partial charge in [-0.3, -0.25) is 9.59 Å². The van der Waals surface area contributed by atoms with Gasteiger partial charge in [0.1, 0.15) is 0 Å². The van der Waals surface area contributed by atoms with Crippen molar-refractivity contribution in [3.63, 3.8) is 0 Å². The molecule has 1 aliphatic heterocycles. The van der Waals surface area contributed by atoms with Gasteiger partial charge in [0.2, 0.25) is 11.9 Å². The van der Waals surface area contributed by atoms with Crippen LogP contribution >= 0.6 is 0 Å². The molecule has 3 N–H and O–H groups in total. The molecule has 8 nitrogen and oxygen atoms in total. The maximum Gasteiger partial charge on any atom is 0.254 e. The van der Waals surface area contributed by atoms with Gasteiger partial charge in [0.05, 0.1) is 16.9 Å². The van der Waals surface area contributed by atoms with Crippen LogP contribution in [-0.2, 0) is 4.79 Å². The molecule has 7 rings (SSSR count). The third-order valence-electron chi connectivity index (χ3n) is 9.62. The number of piperidine rings is 1. The number of likely N-dealkylation sites (tertiary alicyclic amines) is 1. The molecule has 8 heteroatoms. The van der Waals surface area contributed by atoms with Crippen LogP contribution in [0.3, 0.4) is 0 Å². The highest BCUT2D eigenvalue weighted by Gasteiger charge is 2.55. The number of aromatic nitrogens is 2. The van der Waals surface area contributed by atoms with Crippen molar-refractivity contribution in [3.05, 3.63) is 17.5 Å². The molecule has 5 aliphatic carbocycles. The number of hydrogen-bond donors (Lipinski definition) is 3. The molecule has 1 aromatic rings. The summed E-state index contributed by atoms with van der Waals surface area (Å²) in [5.74, 6) is 2.38. The number of aliphatic hydroxyl groups is 1. The summed E-state index contributed by atoms with van der Waals surface area (Å²) >= 11 is 0. The zero-order valence-corrected chi connectivity index (χ0v) is 20.8. The smallest absolute Gasteiger partial charge is 0.254 e.